The number of aryl methyl sites for hydroxylation is 1. The van der Waals surface area contributed by atoms with Gasteiger partial charge in [0.1, 0.15) is 11.0 Å². The Bertz CT molecular complexity index is 507. The Kier molecular flexibility index (Phi) is 3.82. The zero-order chi connectivity index (χ0) is 13.3. The summed E-state index contributed by atoms with van der Waals surface area (Å²) in [5.41, 5.74) is 1.86. The van der Waals surface area contributed by atoms with Crippen molar-refractivity contribution in [1.82, 2.24) is 4.31 Å². The molecule has 1 aliphatic heterocycles. The van der Waals surface area contributed by atoms with E-state index in [9.17, 15) is 9.00 Å². The second-order valence-corrected chi connectivity index (χ2v) is 6.09. The van der Waals surface area contributed by atoms with Gasteiger partial charge in [0.25, 0.3) is 0 Å². The molecule has 1 N–H and O–H groups in total. The molecule has 0 aliphatic carbocycles. The van der Waals surface area contributed by atoms with E-state index >= 15 is 0 Å². The summed E-state index contributed by atoms with van der Waals surface area (Å²) in [6.45, 7) is 5.28. The maximum Gasteiger partial charge on any atom is 0.336 e. The van der Waals surface area contributed by atoms with Crippen LogP contribution < -0.4 is 0 Å². The van der Waals surface area contributed by atoms with Gasteiger partial charge >= 0.3 is 5.97 Å². The van der Waals surface area contributed by atoms with Crippen molar-refractivity contribution in [3.05, 3.63) is 28.8 Å². The number of aromatic carboxylic acids is 1. The molecule has 0 radical (unpaired) electrons. The molecule has 18 heavy (non-hydrogen) atoms. The molecule has 98 valence electrons. The van der Waals surface area contributed by atoms with E-state index in [2.05, 4.69) is 0 Å². The Hall–Kier alpha value is -1.20. The molecule has 0 bridgehead atoms. The van der Waals surface area contributed by atoms with Crippen LogP contribution >= 0.6 is 0 Å². The van der Waals surface area contributed by atoms with Crippen LogP contribution in [0.5, 0.6) is 0 Å². The van der Waals surface area contributed by atoms with Crippen molar-refractivity contribution in [2.24, 2.45) is 0 Å². The highest BCUT2D eigenvalue weighted by Gasteiger charge is 2.21. The Morgan fingerprint density at radius 1 is 1.28 bits per heavy atom. The van der Waals surface area contributed by atoms with Crippen molar-refractivity contribution in [2.75, 3.05) is 13.1 Å². The number of hydrogen-bond donors (Lipinski definition) is 1. The van der Waals surface area contributed by atoms with E-state index in [0.29, 0.717) is 4.90 Å². The van der Waals surface area contributed by atoms with Gasteiger partial charge in [-0.05, 0) is 49.9 Å². The molecule has 1 heterocycles. The van der Waals surface area contributed by atoms with Crippen LogP contribution in [0.15, 0.2) is 17.0 Å². The van der Waals surface area contributed by atoms with E-state index in [1.807, 2.05) is 17.3 Å². The van der Waals surface area contributed by atoms with E-state index in [1.54, 1.807) is 13.0 Å². The lowest BCUT2D eigenvalue weighted by molar-refractivity contribution is 0.0695. The molecule has 2 rings (SSSR count). The van der Waals surface area contributed by atoms with Crippen molar-refractivity contribution in [2.45, 2.75) is 31.6 Å². The van der Waals surface area contributed by atoms with Crippen LogP contribution in [0.2, 0.25) is 0 Å². The summed E-state index contributed by atoms with van der Waals surface area (Å²) >= 11 is 0. The third kappa shape index (κ3) is 2.47. The fraction of sp³-hybridized carbons (Fsp3) is 0.462. The minimum atomic E-state index is -1.23. The molecule has 4 nitrogen and oxygen atoms in total. The summed E-state index contributed by atoms with van der Waals surface area (Å²) in [7, 11) is -1.23. The van der Waals surface area contributed by atoms with Gasteiger partial charge < -0.3 is 5.11 Å². The van der Waals surface area contributed by atoms with Gasteiger partial charge in [0.05, 0.1) is 10.5 Å². The van der Waals surface area contributed by atoms with Crippen LogP contribution in [0.3, 0.4) is 0 Å². The SMILES string of the molecule is Cc1cc(S(=O)N2CCCC2)cc(C(=O)O)c1C. The van der Waals surface area contributed by atoms with Crippen LogP contribution in [0.25, 0.3) is 0 Å². The number of nitrogens with zero attached hydrogens (tertiary/aromatic N) is 1. The Morgan fingerprint density at radius 3 is 2.44 bits per heavy atom. The normalized spacial score (nSPS) is 17.9. The van der Waals surface area contributed by atoms with Crippen LogP contribution in [0.1, 0.15) is 34.3 Å². The number of rotatable bonds is 3. The quantitative estimate of drug-likeness (QED) is 0.912. The van der Waals surface area contributed by atoms with Gasteiger partial charge in [-0.1, -0.05) is 0 Å². The summed E-state index contributed by atoms with van der Waals surface area (Å²) in [5.74, 6) is -0.962. The Morgan fingerprint density at radius 2 is 1.89 bits per heavy atom. The first-order valence-corrected chi connectivity index (χ1v) is 7.12. The lowest BCUT2D eigenvalue weighted by Crippen LogP contribution is -2.22. The molecule has 1 aromatic carbocycles. The third-order valence-corrected chi connectivity index (χ3v) is 4.85. The van der Waals surface area contributed by atoms with Gasteiger partial charge in [0.2, 0.25) is 0 Å². The van der Waals surface area contributed by atoms with Crippen molar-refractivity contribution < 1.29 is 14.1 Å². The van der Waals surface area contributed by atoms with Crippen LogP contribution in [0.4, 0.5) is 0 Å². The summed E-state index contributed by atoms with van der Waals surface area (Å²) in [6, 6.07) is 3.37. The minimum Gasteiger partial charge on any atom is -0.478 e. The van der Waals surface area contributed by atoms with E-state index in [4.69, 9.17) is 5.11 Å². The highest BCUT2D eigenvalue weighted by atomic mass is 32.2. The van der Waals surface area contributed by atoms with Crippen molar-refractivity contribution in [1.29, 1.82) is 0 Å². The summed E-state index contributed by atoms with van der Waals surface area (Å²) < 4.78 is 14.2. The van der Waals surface area contributed by atoms with E-state index in [1.165, 1.54) is 0 Å². The van der Waals surface area contributed by atoms with Crippen molar-refractivity contribution in [3.63, 3.8) is 0 Å². The lowest BCUT2D eigenvalue weighted by atomic mass is 10.0. The van der Waals surface area contributed by atoms with Gasteiger partial charge in [-0.15, -0.1) is 0 Å². The zero-order valence-corrected chi connectivity index (χ0v) is 11.4. The maximum atomic E-state index is 12.3. The van der Waals surface area contributed by atoms with E-state index in [-0.39, 0.29) is 5.56 Å². The van der Waals surface area contributed by atoms with Gasteiger partial charge in [-0.2, -0.15) is 0 Å². The number of hydrogen-bond acceptors (Lipinski definition) is 2. The molecule has 0 aromatic heterocycles. The lowest BCUT2D eigenvalue weighted by Gasteiger charge is -2.15. The van der Waals surface area contributed by atoms with Gasteiger partial charge in [0.15, 0.2) is 0 Å². The topological polar surface area (TPSA) is 57.6 Å². The monoisotopic (exact) mass is 267 g/mol. The first-order valence-electron chi connectivity index (χ1n) is 6.02. The molecule has 1 atom stereocenters. The fourth-order valence-corrected chi connectivity index (χ4v) is 3.54. The van der Waals surface area contributed by atoms with Crippen LogP contribution in [-0.2, 0) is 11.0 Å². The average Bonchev–Trinajstić information content (AvgIpc) is 2.84. The molecule has 0 saturated carbocycles. The second kappa shape index (κ2) is 5.20. The first-order chi connectivity index (χ1) is 8.50. The minimum absolute atomic E-state index is 0.248. The standard InChI is InChI=1S/C13H17NO3S/c1-9-7-11(8-12(10(9)2)13(15)16)18(17)14-5-3-4-6-14/h7-8H,3-6H2,1-2H3,(H,15,16). The molecule has 1 aromatic rings. The van der Waals surface area contributed by atoms with Gasteiger partial charge in [-0.25, -0.2) is 13.3 Å². The Labute approximate surface area is 109 Å². The second-order valence-electron chi connectivity index (χ2n) is 4.60. The summed E-state index contributed by atoms with van der Waals surface area (Å²) in [4.78, 5) is 11.8. The molecule has 0 spiro atoms. The van der Waals surface area contributed by atoms with Gasteiger partial charge in [0, 0.05) is 13.1 Å². The number of carboxylic acids is 1. The molecular formula is C13H17NO3S. The molecule has 1 saturated heterocycles. The number of carboxylic acid groups (broad SMARTS) is 1. The predicted molar refractivity (Wildman–Crippen MR) is 70.1 cm³/mol. The van der Waals surface area contributed by atoms with Crippen LogP contribution in [0, 0.1) is 13.8 Å². The highest BCUT2D eigenvalue weighted by molar-refractivity contribution is 7.82. The van der Waals surface area contributed by atoms with E-state index in [0.717, 1.165) is 37.1 Å². The fourth-order valence-electron chi connectivity index (χ4n) is 2.15. The predicted octanol–water partition coefficient (Wildman–Crippen LogP) is 2.12. The molecular weight excluding hydrogens is 250 g/mol. The first kappa shape index (κ1) is 13.2. The highest BCUT2D eigenvalue weighted by Crippen LogP contribution is 2.22. The number of carbonyl (C=O) groups is 1. The summed E-state index contributed by atoms with van der Waals surface area (Å²) in [5, 5.41) is 9.15. The third-order valence-electron chi connectivity index (χ3n) is 3.37. The maximum absolute atomic E-state index is 12.3. The number of benzene rings is 1. The molecule has 1 unspecified atom stereocenters. The zero-order valence-electron chi connectivity index (χ0n) is 10.6. The molecule has 1 fully saturated rings. The largest absolute Gasteiger partial charge is 0.478 e. The molecule has 5 heteroatoms. The Balaban J connectivity index is 2.39. The smallest absolute Gasteiger partial charge is 0.336 e. The molecule has 1 aliphatic rings. The molecule has 0 amide bonds. The summed E-state index contributed by atoms with van der Waals surface area (Å²) in [6.07, 6.45) is 2.12. The van der Waals surface area contributed by atoms with Crippen molar-refractivity contribution in [3.8, 4) is 0 Å². The van der Waals surface area contributed by atoms with Crippen molar-refractivity contribution >= 4 is 17.0 Å². The average molecular weight is 267 g/mol. The van der Waals surface area contributed by atoms with E-state index < -0.39 is 17.0 Å². The van der Waals surface area contributed by atoms with Crippen LogP contribution in [-0.4, -0.2) is 32.7 Å². The van der Waals surface area contributed by atoms with Gasteiger partial charge in [-0.3, -0.25) is 0 Å².